The van der Waals surface area contributed by atoms with Crippen molar-refractivity contribution in [2.45, 2.75) is 0 Å². The number of aromatic nitrogens is 1. The maximum absolute atomic E-state index is 11.7. The molecule has 1 aliphatic heterocycles. The molecule has 1 aromatic heterocycles. The number of aliphatic hydroxyl groups excluding tert-OH is 1. The maximum atomic E-state index is 11.7. The number of benzene rings is 1. The van der Waals surface area contributed by atoms with E-state index in [0.29, 0.717) is 12.1 Å². The molecular weight excluding hydrogens is 280 g/mol. The highest BCUT2D eigenvalue weighted by atomic mass is 16.3. The molecule has 0 radical (unpaired) electrons. The van der Waals surface area contributed by atoms with E-state index in [1.165, 1.54) is 0 Å². The summed E-state index contributed by atoms with van der Waals surface area (Å²) in [4.78, 5) is 20.8. The fourth-order valence-electron chi connectivity index (χ4n) is 2.87. The average molecular weight is 300 g/mol. The first-order valence-electron chi connectivity index (χ1n) is 7.47. The van der Waals surface area contributed by atoms with Gasteiger partial charge in [-0.25, -0.2) is 4.98 Å². The van der Waals surface area contributed by atoms with Crippen LogP contribution in [0.15, 0.2) is 30.3 Å². The number of amides is 1. The van der Waals surface area contributed by atoms with E-state index in [9.17, 15) is 4.79 Å². The number of β-amino-alcohol motifs (C(OH)–C–C–N with tert-alkyl or cyclic N) is 1. The Morgan fingerprint density at radius 3 is 2.64 bits per heavy atom. The van der Waals surface area contributed by atoms with Gasteiger partial charge in [0.1, 0.15) is 5.82 Å². The highest BCUT2D eigenvalue weighted by molar-refractivity contribution is 6.06. The van der Waals surface area contributed by atoms with Gasteiger partial charge in [-0.2, -0.15) is 0 Å². The van der Waals surface area contributed by atoms with Crippen molar-refractivity contribution >= 4 is 22.6 Å². The van der Waals surface area contributed by atoms with E-state index in [2.05, 4.69) is 14.8 Å². The molecule has 1 fully saturated rings. The molecule has 116 valence electrons. The van der Waals surface area contributed by atoms with Crippen molar-refractivity contribution in [2.75, 3.05) is 44.2 Å². The summed E-state index contributed by atoms with van der Waals surface area (Å²) in [7, 11) is 0. The smallest absolute Gasteiger partial charge is 0.249 e. The van der Waals surface area contributed by atoms with E-state index in [0.717, 1.165) is 42.9 Å². The first-order chi connectivity index (χ1) is 10.7. The number of hydrogen-bond donors (Lipinski definition) is 2. The molecule has 6 heteroatoms. The predicted octanol–water partition coefficient (Wildman–Crippen LogP) is 0.448. The van der Waals surface area contributed by atoms with Gasteiger partial charge in [0, 0.05) is 38.1 Å². The van der Waals surface area contributed by atoms with Gasteiger partial charge >= 0.3 is 0 Å². The fourth-order valence-corrected chi connectivity index (χ4v) is 2.87. The Hall–Kier alpha value is -2.18. The molecule has 0 unspecified atom stereocenters. The van der Waals surface area contributed by atoms with Crippen LogP contribution in [0.5, 0.6) is 0 Å². The SMILES string of the molecule is NC(=O)c1cc(N2CCN(CCO)CC2)nc2ccccc12. The number of nitrogens with zero attached hydrogens (tertiary/aromatic N) is 3. The van der Waals surface area contributed by atoms with E-state index in [-0.39, 0.29) is 6.61 Å². The van der Waals surface area contributed by atoms with E-state index in [1.807, 2.05) is 24.3 Å². The standard InChI is InChI=1S/C16H20N4O2/c17-16(22)13-11-15(18-14-4-2-1-3-12(13)14)20-7-5-19(6-8-20)9-10-21/h1-4,11,21H,5-10H2,(H2,17,22). The van der Waals surface area contributed by atoms with Crippen molar-refractivity contribution in [3.63, 3.8) is 0 Å². The number of piperazine rings is 1. The Kier molecular flexibility index (Phi) is 4.22. The van der Waals surface area contributed by atoms with Gasteiger partial charge in [-0.1, -0.05) is 18.2 Å². The molecule has 2 heterocycles. The largest absolute Gasteiger partial charge is 0.395 e. The molecule has 3 rings (SSSR count). The number of pyridine rings is 1. The van der Waals surface area contributed by atoms with Crippen LogP contribution in [0, 0.1) is 0 Å². The summed E-state index contributed by atoms with van der Waals surface area (Å²) >= 11 is 0. The van der Waals surface area contributed by atoms with Crippen LogP contribution < -0.4 is 10.6 Å². The minimum Gasteiger partial charge on any atom is -0.395 e. The minimum atomic E-state index is -0.432. The molecule has 0 saturated carbocycles. The monoisotopic (exact) mass is 300 g/mol. The molecule has 1 saturated heterocycles. The zero-order chi connectivity index (χ0) is 15.5. The highest BCUT2D eigenvalue weighted by Gasteiger charge is 2.19. The number of aliphatic hydroxyl groups is 1. The number of carbonyl (C=O) groups excluding carboxylic acids is 1. The Balaban J connectivity index is 1.90. The van der Waals surface area contributed by atoms with E-state index >= 15 is 0 Å². The number of nitrogens with two attached hydrogens (primary N) is 1. The molecule has 1 aromatic carbocycles. The average Bonchev–Trinajstić information content (AvgIpc) is 2.54. The highest BCUT2D eigenvalue weighted by Crippen LogP contribution is 2.23. The summed E-state index contributed by atoms with van der Waals surface area (Å²) in [5, 5.41) is 9.79. The zero-order valence-corrected chi connectivity index (χ0v) is 12.4. The number of carbonyl (C=O) groups is 1. The number of anilines is 1. The van der Waals surface area contributed by atoms with Gasteiger partial charge in [0.2, 0.25) is 5.91 Å². The minimum absolute atomic E-state index is 0.181. The molecule has 0 bridgehead atoms. The van der Waals surface area contributed by atoms with Crippen LogP contribution in [-0.4, -0.2) is 60.2 Å². The van der Waals surface area contributed by atoms with E-state index < -0.39 is 5.91 Å². The molecular formula is C16H20N4O2. The van der Waals surface area contributed by atoms with Crippen LogP contribution in [0.4, 0.5) is 5.82 Å². The normalized spacial score (nSPS) is 16.1. The van der Waals surface area contributed by atoms with E-state index in [1.54, 1.807) is 6.07 Å². The fraction of sp³-hybridized carbons (Fsp3) is 0.375. The summed E-state index contributed by atoms with van der Waals surface area (Å²) in [6.07, 6.45) is 0. The second-order valence-corrected chi connectivity index (χ2v) is 5.46. The van der Waals surface area contributed by atoms with Gasteiger partial charge in [-0.3, -0.25) is 9.69 Å². The number of primary amides is 1. The second-order valence-electron chi connectivity index (χ2n) is 5.46. The number of fused-ring (bicyclic) bond motifs is 1. The summed E-state index contributed by atoms with van der Waals surface area (Å²) in [5.41, 5.74) is 6.81. The third-order valence-corrected chi connectivity index (χ3v) is 4.08. The molecule has 0 aliphatic carbocycles. The van der Waals surface area contributed by atoms with Crippen LogP contribution in [0.25, 0.3) is 10.9 Å². The first kappa shape index (κ1) is 14.7. The van der Waals surface area contributed by atoms with E-state index in [4.69, 9.17) is 10.8 Å². The number of rotatable bonds is 4. The van der Waals surface area contributed by atoms with Gasteiger partial charge in [-0.05, 0) is 12.1 Å². The van der Waals surface area contributed by atoms with Crippen molar-refractivity contribution in [3.8, 4) is 0 Å². The lowest BCUT2D eigenvalue weighted by Gasteiger charge is -2.35. The first-order valence-corrected chi connectivity index (χ1v) is 7.47. The number of para-hydroxylation sites is 1. The van der Waals surface area contributed by atoms with Crippen LogP contribution in [0.3, 0.4) is 0 Å². The van der Waals surface area contributed by atoms with Crippen LogP contribution in [0.2, 0.25) is 0 Å². The quantitative estimate of drug-likeness (QED) is 0.856. The lowest BCUT2D eigenvalue weighted by molar-refractivity contribution is 0.100. The summed E-state index contributed by atoms with van der Waals surface area (Å²) in [6.45, 7) is 4.28. The Bertz CT molecular complexity index is 681. The van der Waals surface area contributed by atoms with Crippen molar-refractivity contribution in [1.29, 1.82) is 0 Å². The van der Waals surface area contributed by atoms with Gasteiger partial charge < -0.3 is 15.7 Å². The lowest BCUT2D eigenvalue weighted by Crippen LogP contribution is -2.47. The van der Waals surface area contributed by atoms with Crippen molar-refractivity contribution < 1.29 is 9.90 Å². The molecule has 1 aliphatic rings. The summed E-state index contributed by atoms with van der Waals surface area (Å²) in [5.74, 6) is 0.356. The van der Waals surface area contributed by atoms with Gasteiger partial charge in [0.25, 0.3) is 0 Å². The molecule has 0 atom stereocenters. The summed E-state index contributed by atoms with van der Waals surface area (Å²) in [6, 6.07) is 9.33. The van der Waals surface area contributed by atoms with Crippen LogP contribution in [-0.2, 0) is 0 Å². The number of hydrogen-bond acceptors (Lipinski definition) is 5. The Morgan fingerprint density at radius 2 is 1.95 bits per heavy atom. The van der Waals surface area contributed by atoms with Crippen LogP contribution in [0.1, 0.15) is 10.4 Å². The summed E-state index contributed by atoms with van der Waals surface area (Å²) < 4.78 is 0. The maximum Gasteiger partial charge on any atom is 0.249 e. The Morgan fingerprint density at radius 1 is 1.23 bits per heavy atom. The topological polar surface area (TPSA) is 82.7 Å². The third-order valence-electron chi connectivity index (χ3n) is 4.08. The molecule has 2 aromatic rings. The Labute approximate surface area is 129 Å². The molecule has 1 amide bonds. The van der Waals surface area contributed by atoms with Crippen LogP contribution >= 0.6 is 0 Å². The van der Waals surface area contributed by atoms with Gasteiger partial charge in [0.15, 0.2) is 0 Å². The lowest BCUT2D eigenvalue weighted by atomic mass is 10.1. The van der Waals surface area contributed by atoms with Crippen molar-refractivity contribution in [1.82, 2.24) is 9.88 Å². The van der Waals surface area contributed by atoms with Crippen molar-refractivity contribution in [3.05, 3.63) is 35.9 Å². The van der Waals surface area contributed by atoms with Gasteiger partial charge in [0.05, 0.1) is 17.7 Å². The molecule has 3 N–H and O–H groups in total. The van der Waals surface area contributed by atoms with Crippen molar-refractivity contribution in [2.24, 2.45) is 5.73 Å². The zero-order valence-electron chi connectivity index (χ0n) is 12.4. The van der Waals surface area contributed by atoms with Gasteiger partial charge in [-0.15, -0.1) is 0 Å². The predicted molar refractivity (Wildman–Crippen MR) is 86.0 cm³/mol. The molecule has 22 heavy (non-hydrogen) atoms. The third kappa shape index (κ3) is 2.88. The molecule has 0 spiro atoms. The second kappa shape index (κ2) is 6.29. The molecule has 6 nitrogen and oxygen atoms in total.